The smallest absolute Gasteiger partial charge is 0.269 e. The van der Waals surface area contributed by atoms with Gasteiger partial charge in [0.2, 0.25) is 0 Å². The Balaban J connectivity index is 3.05. The molecule has 3 heteroatoms. The second kappa shape index (κ2) is 5.29. The fourth-order valence-corrected chi connectivity index (χ4v) is 1.20. The molecule has 0 aromatic carbocycles. The summed E-state index contributed by atoms with van der Waals surface area (Å²) in [6, 6.07) is 3.64. The van der Waals surface area contributed by atoms with E-state index in [0.29, 0.717) is 5.69 Å². The fraction of sp³-hybridized carbons (Fsp3) is 0.333. The van der Waals surface area contributed by atoms with E-state index >= 15 is 0 Å². The summed E-state index contributed by atoms with van der Waals surface area (Å²) in [5, 5.41) is 2.56. The zero-order valence-electron chi connectivity index (χ0n) is 9.37. The molecular formula is C12H16N2O. The molecule has 0 fully saturated rings. The number of aryl methyl sites for hydroxylation is 1. The molecule has 0 aliphatic carbocycles. The summed E-state index contributed by atoms with van der Waals surface area (Å²) in [5.41, 5.74) is 2.39. The van der Waals surface area contributed by atoms with Crippen LogP contribution >= 0.6 is 0 Å². The third kappa shape index (κ3) is 2.91. The van der Waals surface area contributed by atoms with Crippen molar-refractivity contribution in [1.29, 1.82) is 0 Å². The van der Waals surface area contributed by atoms with Crippen molar-refractivity contribution < 1.29 is 4.79 Å². The van der Waals surface area contributed by atoms with E-state index in [2.05, 4.69) is 17.2 Å². The SMILES string of the molecule is CC/C=C\c1nc(C(=O)NC)ccc1C. The predicted molar refractivity (Wildman–Crippen MR) is 61.7 cm³/mol. The van der Waals surface area contributed by atoms with Gasteiger partial charge in [-0.05, 0) is 31.1 Å². The van der Waals surface area contributed by atoms with Crippen molar-refractivity contribution in [3.05, 3.63) is 35.2 Å². The van der Waals surface area contributed by atoms with Crippen LogP contribution < -0.4 is 5.32 Å². The number of aromatic nitrogens is 1. The van der Waals surface area contributed by atoms with E-state index < -0.39 is 0 Å². The molecule has 0 aliphatic rings. The van der Waals surface area contributed by atoms with E-state index in [4.69, 9.17) is 0 Å². The molecule has 0 aliphatic heterocycles. The van der Waals surface area contributed by atoms with Gasteiger partial charge in [0.15, 0.2) is 0 Å². The van der Waals surface area contributed by atoms with Crippen LogP contribution in [0.4, 0.5) is 0 Å². The van der Waals surface area contributed by atoms with Gasteiger partial charge in [-0.15, -0.1) is 0 Å². The summed E-state index contributed by atoms with van der Waals surface area (Å²) >= 11 is 0. The van der Waals surface area contributed by atoms with Crippen LogP contribution in [0.2, 0.25) is 0 Å². The first-order valence-corrected chi connectivity index (χ1v) is 5.05. The summed E-state index contributed by atoms with van der Waals surface area (Å²) in [6.45, 7) is 4.05. The monoisotopic (exact) mass is 204 g/mol. The number of hydrogen-bond donors (Lipinski definition) is 1. The summed E-state index contributed by atoms with van der Waals surface area (Å²) < 4.78 is 0. The highest BCUT2D eigenvalue weighted by Crippen LogP contribution is 2.09. The molecular weight excluding hydrogens is 188 g/mol. The highest BCUT2D eigenvalue weighted by Gasteiger charge is 2.05. The van der Waals surface area contributed by atoms with Gasteiger partial charge < -0.3 is 5.32 Å². The average Bonchev–Trinajstić information content (AvgIpc) is 2.27. The zero-order chi connectivity index (χ0) is 11.3. The summed E-state index contributed by atoms with van der Waals surface area (Å²) in [4.78, 5) is 15.6. The van der Waals surface area contributed by atoms with Gasteiger partial charge in [-0.25, -0.2) is 4.98 Å². The zero-order valence-corrected chi connectivity index (χ0v) is 9.37. The highest BCUT2D eigenvalue weighted by molar-refractivity contribution is 5.92. The van der Waals surface area contributed by atoms with Gasteiger partial charge in [-0.1, -0.05) is 19.1 Å². The topological polar surface area (TPSA) is 42.0 Å². The van der Waals surface area contributed by atoms with Crippen molar-refractivity contribution in [1.82, 2.24) is 10.3 Å². The van der Waals surface area contributed by atoms with Crippen LogP contribution in [0.25, 0.3) is 6.08 Å². The maximum absolute atomic E-state index is 11.4. The van der Waals surface area contributed by atoms with Crippen LogP contribution in [0.1, 0.15) is 35.1 Å². The van der Waals surface area contributed by atoms with E-state index in [1.807, 2.05) is 25.1 Å². The maximum Gasteiger partial charge on any atom is 0.269 e. The van der Waals surface area contributed by atoms with E-state index in [-0.39, 0.29) is 5.91 Å². The van der Waals surface area contributed by atoms with E-state index in [9.17, 15) is 4.79 Å². The average molecular weight is 204 g/mol. The van der Waals surface area contributed by atoms with E-state index in [1.165, 1.54) is 0 Å². The second-order valence-corrected chi connectivity index (χ2v) is 3.29. The van der Waals surface area contributed by atoms with E-state index in [0.717, 1.165) is 17.7 Å². The van der Waals surface area contributed by atoms with Crippen LogP contribution in [0, 0.1) is 6.92 Å². The van der Waals surface area contributed by atoms with Crippen LogP contribution in [-0.4, -0.2) is 17.9 Å². The molecule has 0 saturated heterocycles. The van der Waals surface area contributed by atoms with Crippen molar-refractivity contribution in [3.8, 4) is 0 Å². The van der Waals surface area contributed by atoms with Crippen molar-refractivity contribution in [3.63, 3.8) is 0 Å². The van der Waals surface area contributed by atoms with Crippen LogP contribution in [0.15, 0.2) is 18.2 Å². The molecule has 15 heavy (non-hydrogen) atoms. The third-order valence-electron chi connectivity index (χ3n) is 2.11. The summed E-state index contributed by atoms with van der Waals surface area (Å²) in [7, 11) is 1.60. The number of allylic oxidation sites excluding steroid dienone is 1. The van der Waals surface area contributed by atoms with Gasteiger partial charge in [0.25, 0.3) is 5.91 Å². The molecule has 1 amide bonds. The lowest BCUT2D eigenvalue weighted by Gasteiger charge is -2.03. The molecule has 1 rings (SSSR count). The molecule has 1 N–H and O–H groups in total. The number of nitrogens with zero attached hydrogens (tertiary/aromatic N) is 1. The molecule has 0 bridgehead atoms. The Morgan fingerprint density at radius 3 is 2.87 bits per heavy atom. The first kappa shape index (κ1) is 11.4. The molecule has 0 saturated carbocycles. The normalized spacial score (nSPS) is 10.6. The molecule has 1 aromatic rings. The summed E-state index contributed by atoms with van der Waals surface area (Å²) in [5.74, 6) is -0.152. The Morgan fingerprint density at radius 1 is 1.53 bits per heavy atom. The lowest BCUT2D eigenvalue weighted by Crippen LogP contribution is -2.19. The van der Waals surface area contributed by atoms with Gasteiger partial charge in [0, 0.05) is 7.05 Å². The largest absolute Gasteiger partial charge is 0.354 e. The minimum absolute atomic E-state index is 0.152. The van der Waals surface area contributed by atoms with Crippen LogP contribution in [-0.2, 0) is 0 Å². The number of amides is 1. The van der Waals surface area contributed by atoms with Crippen molar-refractivity contribution in [2.45, 2.75) is 20.3 Å². The molecule has 1 aromatic heterocycles. The lowest BCUT2D eigenvalue weighted by atomic mass is 10.1. The van der Waals surface area contributed by atoms with Gasteiger partial charge in [-0.3, -0.25) is 4.79 Å². The molecule has 0 unspecified atom stereocenters. The highest BCUT2D eigenvalue weighted by atomic mass is 16.1. The Labute approximate surface area is 90.2 Å². The number of rotatable bonds is 3. The first-order chi connectivity index (χ1) is 7.19. The van der Waals surface area contributed by atoms with Crippen molar-refractivity contribution >= 4 is 12.0 Å². The fourth-order valence-electron chi connectivity index (χ4n) is 1.20. The molecule has 80 valence electrons. The van der Waals surface area contributed by atoms with Gasteiger partial charge in [-0.2, -0.15) is 0 Å². The van der Waals surface area contributed by atoms with Crippen LogP contribution in [0.3, 0.4) is 0 Å². The Bertz CT molecular complexity index is 383. The van der Waals surface area contributed by atoms with Crippen LogP contribution in [0.5, 0.6) is 0 Å². The first-order valence-electron chi connectivity index (χ1n) is 5.05. The number of carbonyl (C=O) groups excluding carboxylic acids is 1. The summed E-state index contributed by atoms with van der Waals surface area (Å²) in [6.07, 6.45) is 4.94. The maximum atomic E-state index is 11.4. The number of carbonyl (C=O) groups is 1. The molecule has 0 spiro atoms. The molecule has 0 radical (unpaired) electrons. The number of nitrogens with one attached hydrogen (secondary N) is 1. The molecule has 3 nitrogen and oxygen atoms in total. The van der Waals surface area contributed by atoms with E-state index in [1.54, 1.807) is 13.1 Å². The Morgan fingerprint density at radius 2 is 2.27 bits per heavy atom. The van der Waals surface area contributed by atoms with Gasteiger partial charge >= 0.3 is 0 Å². The minimum Gasteiger partial charge on any atom is -0.354 e. The number of hydrogen-bond acceptors (Lipinski definition) is 2. The molecule has 0 atom stereocenters. The molecule has 1 heterocycles. The van der Waals surface area contributed by atoms with Crippen molar-refractivity contribution in [2.75, 3.05) is 7.05 Å². The Kier molecular flexibility index (Phi) is 4.03. The van der Waals surface area contributed by atoms with Gasteiger partial charge in [0.05, 0.1) is 5.69 Å². The third-order valence-corrected chi connectivity index (χ3v) is 2.11. The standard InChI is InChI=1S/C12H16N2O/c1-4-5-6-10-9(2)7-8-11(14-10)12(15)13-3/h5-8H,4H2,1-3H3,(H,13,15)/b6-5-. The van der Waals surface area contributed by atoms with Crippen molar-refractivity contribution in [2.24, 2.45) is 0 Å². The number of pyridine rings is 1. The second-order valence-electron chi connectivity index (χ2n) is 3.29. The lowest BCUT2D eigenvalue weighted by molar-refractivity contribution is 0.0958. The quantitative estimate of drug-likeness (QED) is 0.819. The van der Waals surface area contributed by atoms with Gasteiger partial charge in [0.1, 0.15) is 5.69 Å². The predicted octanol–water partition coefficient (Wildman–Crippen LogP) is 2.17. The minimum atomic E-state index is -0.152. The Hall–Kier alpha value is -1.64.